The van der Waals surface area contributed by atoms with Gasteiger partial charge in [0, 0.05) is 18.4 Å². The van der Waals surface area contributed by atoms with Crippen LogP contribution in [0.4, 0.5) is 22.9 Å². The van der Waals surface area contributed by atoms with E-state index in [0.717, 1.165) is 17.1 Å². The van der Waals surface area contributed by atoms with Crippen molar-refractivity contribution in [1.82, 2.24) is 4.98 Å². The molecule has 0 aliphatic rings. The van der Waals surface area contributed by atoms with Gasteiger partial charge in [0.05, 0.1) is 11.4 Å². The number of nitrogens with zero attached hydrogens (tertiary/aromatic N) is 3. The molecule has 0 N–H and O–H groups in total. The molecule has 0 atom stereocenters. The summed E-state index contributed by atoms with van der Waals surface area (Å²) < 4.78 is 0. The topological polar surface area (TPSA) is 19.4 Å². The number of hydrogen-bond acceptors (Lipinski definition) is 3. The normalized spacial score (nSPS) is 11.2. The molecule has 0 unspecified atom stereocenters. The Morgan fingerprint density at radius 1 is 0.591 bits per heavy atom. The number of hydrogen-bond donors (Lipinski definition) is 0. The summed E-state index contributed by atoms with van der Waals surface area (Å²) in [5.74, 6) is 0.701. The first kappa shape index (κ1) is 29.0. The van der Waals surface area contributed by atoms with Gasteiger partial charge < -0.3 is 9.71 Å². The van der Waals surface area contributed by atoms with Crippen LogP contribution in [0.3, 0.4) is 0 Å². The van der Waals surface area contributed by atoms with Crippen molar-refractivity contribution < 1.29 is 0 Å². The molecule has 6 aromatic rings. The van der Waals surface area contributed by atoms with E-state index in [1.165, 1.54) is 33.4 Å². The zero-order chi connectivity index (χ0) is 30.5. The first-order valence-electron chi connectivity index (χ1n) is 15.1. The highest BCUT2D eigenvalue weighted by molar-refractivity contribution is 6.23. The van der Waals surface area contributed by atoms with Gasteiger partial charge in [-0.3, -0.25) is 0 Å². The maximum absolute atomic E-state index is 6.92. The van der Waals surface area contributed by atoms with Crippen molar-refractivity contribution in [2.24, 2.45) is 0 Å². The lowest BCUT2D eigenvalue weighted by Gasteiger charge is -2.32. The Morgan fingerprint density at radius 3 is 1.68 bits per heavy atom. The summed E-state index contributed by atoms with van der Waals surface area (Å²) in [6.07, 6.45) is 1.84. The molecule has 0 amide bonds. The van der Waals surface area contributed by atoms with Gasteiger partial charge in [0.1, 0.15) is 5.82 Å². The fraction of sp³-hybridized carbons (Fsp3) is 0.125. The van der Waals surface area contributed by atoms with E-state index in [0.29, 0.717) is 12.4 Å². The predicted octanol–water partition coefficient (Wildman–Crippen LogP) is 10.3. The van der Waals surface area contributed by atoms with Gasteiger partial charge in [-0.25, -0.2) is 4.98 Å². The quantitative estimate of drug-likeness (QED) is 0.170. The van der Waals surface area contributed by atoms with Crippen LogP contribution in [0.5, 0.6) is 0 Å². The van der Waals surface area contributed by atoms with Crippen molar-refractivity contribution in [3.63, 3.8) is 0 Å². The number of pyridine rings is 1. The van der Waals surface area contributed by atoms with Crippen LogP contribution in [0, 0.1) is 0 Å². The molecule has 44 heavy (non-hydrogen) atoms. The highest BCUT2D eigenvalue weighted by atomic mass is 15.2. The Bertz CT molecular complexity index is 1770. The Hall–Kier alpha value is -5.09. The van der Waals surface area contributed by atoms with Gasteiger partial charge in [0.2, 0.25) is 7.98 Å². The second kappa shape index (κ2) is 12.6. The van der Waals surface area contributed by atoms with Crippen molar-refractivity contribution in [3.8, 4) is 22.3 Å². The van der Waals surface area contributed by atoms with E-state index in [9.17, 15) is 0 Å². The van der Waals surface area contributed by atoms with Crippen molar-refractivity contribution in [3.05, 3.63) is 163 Å². The minimum atomic E-state index is -0.0247. The SMILES string of the molecule is [B]N(c1cc(C(C)(C)C)ccn1)c1ccccc1N(Cc1c(-c2ccccc2)cccc1-c1ccccc1)c1ccccc1. The minimum Gasteiger partial charge on any atom is -0.381 e. The van der Waals surface area contributed by atoms with E-state index < -0.39 is 0 Å². The Morgan fingerprint density at radius 2 is 1.11 bits per heavy atom. The molecule has 0 saturated heterocycles. The third kappa shape index (κ3) is 6.16. The Labute approximate surface area is 262 Å². The summed E-state index contributed by atoms with van der Waals surface area (Å²) in [4.78, 5) is 8.74. The number of para-hydroxylation sites is 3. The van der Waals surface area contributed by atoms with E-state index in [-0.39, 0.29) is 5.41 Å². The summed E-state index contributed by atoms with van der Waals surface area (Å²) in [6, 6.07) is 50.9. The van der Waals surface area contributed by atoms with Crippen LogP contribution in [0.1, 0.15) is 31.9 Å². The summed E-state index contributed by atoms with van der Waals surface area (Å²) in [7, 11) is 6.92. The predicted molar refractivity (Wildman–Crippen MR) is 187 cm³/mol. The molecule has 0 saturated carbocycles. The lowest BCUT2D eigenvalue weighted by molar-refractivity contribution is 0.589. The highest BCUT2D eigenvalue weighted by Gasteiger charge is 2.22. The molecule has 214 valence electrons. The first-order chi connectivity index (χ1) is 21.4. The molecular weight excluding hydrogens is 533 g/mol. The van der Waals surface area contributed by atoms with Gasteiger partial charge in [-0.05, 0) is 75.2 Å². The first-order valence-corrected chi connectivity index (χ1v) is 15.1. The average Bonchev–Trinajstić information content (AvgIpc) is 3.07. The third-order valence-electron chi connectivity index (χ3n) is 8.02. The van der Waals surface area contributed by atoms with E-state index >= 15 is 0 Å². The molecule has 0 bridgehead atoms. The molecule has 4 heteroatoms. The number of anilines is 4. The van der Waals surface area contributed by atoms with Crippen LogP contribution < -0.4 is 9.71 Å². The molecule has 6 rings (SSSR count). The summed E-state index contributed by atoms with van der Waals surface area (Å²) in [5.41, 5.74) is 10.1. The van der Waals surface area contributed by atoms with Gasteiger partial charge in [0.25, 0.3) is 0 Å². The van der Waals surface area contributed by atoms with Crippen molar-refractivity contribution in [2.75, 3.05) is 9.71 Å². The fourth-order valence-corrected chi connectivity index (χ4v) is 5.65. The number of rotatable bonds is 8. The molecule has 5 aromatic carbocycles. The van der Waals surface area contributed by atoms with Crippen molar-refractivity contribution in [1.29, 1.82) is 0 Å². The van der Waals surface area contributed by atoms with Crippen LogP contribution in [0.2, 0.25) is 0 Å². The molecule has 1 aromatic heterocycles. The third-order valence-corrected chi connectivity index (χ3v) is 8.02. The average molecular weight is 570 g/mol. The maximum Gasteiger partial charge on any atom is 0.236 e. The Kier molecular flexibility index (Phi) is 8.34. The lowest BCUT2D eigenvalue weighted by Crippen LogP contribution is -2.22. The smallest absolute Gasteiger partial charge is 0.236 e. The molecule has 0 aliphatic heterocycles. The zero-order valence-corrected chi connectivity index (χ0v) is 25.6. The van der Waals surface area contributed by atoms with Crippen LogP contribution >= 0.6 is 0 Å². The minimum absolute atomic E-state index is 0.0247. The summed E-state index contributed by atoms with van der Waals surface area (Å²) >= 11 is 0. The maximum atomic E-state index is 6.92. The molecule has 2 radical (unpaired) electrons. The summed E-state index contributed by atoms with van der Waals surface area (Å²) in [5, 5.41) is 0. The zero-order valence-electron chi connectivity index (χ0n) is 25.6. The van der Waals surface area contributed by atoms with Crippen molar-refractivity contribution >= 4 is 30.9 Å². The number of benzene rings is 5. The van der Waals surface area contributed by atoms with Gasteiger partial charge in [-0.1, -0.05) is 130 Å². The monoisotopic (exact) mass is 569 g/mol. The van der Waals surface area contributed by atoms with Gasteiger partial charge in [0.15, 0.2) is 0 Å². The molecule has 0 fully saturated rings. The van der Waals surface area contributed by atoms with Crippen LogP contribution in [0.15, 0.2) is 152 Å². The van der Waals surface area contributed by atoms with E-state index in [1.54, 1.807) is 4.81 Å². The largest absolute Gasteiger partial charge is 0.381 e. The lowest BCUT2D eigenvalue weighted by atomic mass is 9.87. The van der Waals surface area contributed by atoms with Crippen LogP contribution in [-0.2, 0) is 12.0 Å². The molecule has 1 heterocycles. The summed E-state index contributed by atoms with van der Waals surface area (Å²) in [6.45, 7) is 7.23. The van der Waals surface area contributed by atoms with E-state index in [4.69, 9.17) is 7.98 Å². The van der Waals surface area contributed by atoms with E-state index in [2.05, 4.69) is 170 Å². The number of aromatic nitrogens is 1. The second-order valence-electron chi connectivity index (χ2n) is 12.0. The standard InChI is InChI=1S/C40H36BN3/c1-40(2,3)32-26-27-42-39(28-32)44(41)38-25-14-13-24-37(38)43(33-20-11-6-12-21-33)29-36-34(30-16-7-4-8-17-30)22-15-23-35(36)31-18-9-5-10-19-31/h4-28H,29H2,1-3H3. The van der Waals surface area contributed by atoms with E-state index in [1.807, 2.05) is 12.3 Å². The highest BCUT2D eigenvalue weighted by Crippen LogP contribution is 2.41. The van der Waals surface area contributed by atoms with Crippen LogP contribution in [0.25, 0.3) is 22.3 Å². The Balaban J connectivity index is 1.52. The second-order valence-corrected chi connectivity index (χ2v) is 12.0. The van der Waals surface area contributed by atoms with Crippen molar-refractivity contribution in [2.45, 2.75) is 32.7 Å². The van der Waals surface area contributed by atoms with Gasteiger partial charge >= 0.3 is 0 Å². The fourth-order valence-electron chi connectivity index (χ4n) is 5.65. The molecule has 3 nitrogen and oxygen atoms in total. The van der Waals surface area contributed by atoms with Gasteiger partial charge in [-0.15, -0.1) is 0 Å². The van der Waals surface area contributed by atoms with Crippen LogP contribution in [-0.4, -0.2) is 13.0 Å². The molecule has 0 aliphatic carbocycles. The van der Waals surface area contributed by atoms with Gasteiger partial charge in [-0.2, -0.15) is 0 Å². The molecular formula is C40H36BN3. The molecule has 0 spiro atoms.